The van der Waals surface area contributed by atoms with E-state index in [1.165, 1.54) is 4.80 Å². The quantitative estimate of drug-likeness (QED) is 0.695. The smallest absolute Gasteiger partial charge is 0.256 e. The Morgan fingerprint density at radius 2 is 1.97 bits per heavy atom. The lowest BCUT2D eigenvalue weighted by Crippen LogP contribution is -2.46. The standard InChI is InChI=1S/C22H27N5O3/c1-4-16-10-9-15(19-13-20(25-30-19)22(2,3)29)14-26(16)21(28)17-7-5-6-8-18(17)27-23-11-12-24-27/h5-8,11-13,15-16,29H,4,9-10,14H2,1-3H3/t15-,16-/m1/s1. The first kappa shape index (κ1) is 20.3. The van der Waals surface area contributed by atoms with Gasteiger partial charge in [-0.1, -0.05) is 24.2 Å². The predicted molar refractivity (Wildman–Crippen MR) is 110 cm³/mol. The van der Waals surface area contributed by atoms with Gasteiger partial charge < -0.3 is 14.5 Å². The minimum atomic E-state index is -1.06. The molecule has 30 heavy (non-hydrogen) atoms. The Labute approximate surface area is 175 Å². The molecule has 158 valence electrons. The monoisotopic (exact) mass is 409 g/mol. The van der Waals surface area contributed by atoms with Crippen molar-refractivity contribution in [2.45, 2.75) is 57.6 Å². The van der Waals surface area contributed by atoms with Gasteiger partial charge in [-0.3, -0.25) is 4.79 Å². The summed E-state index contributed by atoms with van der Waals surface area (Å²) >= 11 is 0. The van der Waals surface area contributed by atoms with E-state index >= 15 is 0 Å². The molecular weight excluding hydrogens is 382 g/mol. The van der Waals surface area contributed by atoms with Gasteiger partial charge in [0.2, 0.25) is 0 Å². The van der Waals surface area contributed by atoms with Crippen LogP contribution in [0.4, 0.5) is 0 Å². The largest absolute Gasteiger partial charge is 0.384 e. The molecular formula is C22H27N5O3. The number of carbonyl (C=O) groups is 1. The van der Waals surface area contributed by atoms with E-state index in [-0.39, 0.29) is 17.9 Å². The molecule has 1 aliphatic heterocycles. The molecule has 0 aliphatic carbocycles. The fourth-order valence-electron chi connectivity index (χ4n) is 4.03. The van der Waals surface area contributed by atoms with Crippen molar-refractivity contribution in [1.29, 1.82) is 0 Å². The maximum absolute atomic E-state index is 13.6. The number of hydrogen-bond acceptors (Lipinski definition) is 6. The first-order valence-corrected chi connectivity index (χ1v) is 10.3. The molecule has 1 saturated heterocycles. The Morgan fingerprint density at radius 3 is 2.63 bits per heavy atom. The van der Waals surface area contributed by atoms with Crippen LogP contribution in [-0.2, 0) is 5.60 Å². The summed E-state index contributed by atoms with van der Waals surface area (Å²) < 4.78 is 5.54. The van der Waals surface area contributed by atoms with Crippen LogP contribution in [0, 0.1) is 0 Å². The van der Waals surface area contributed by atoms with E-state index in [0.29, 0.717) is 29.2 Å². The van der Waals surface area contributed by atoms with Crippen molar-refractivity contribution in [1.82, 2.24) is 25.1 Å². The third kappa shape index (κ3) is 3.87. The average molecular weight is 409 g/mol. The highest BCUT2D eigenvalue weighted by Gasteiger charge is 2.35. The molecule has 3 heterocycles. The molecule has 0 radical (unpaired) electrons. The van der Waals surface area contributed by atoms with E-state index < -0.39 is 5.60 Å². The van der Waals surface area contributed by atoms with Crippen molar-refractivity contribution in [2.75, 3.05) is 6.54 Å². The molecule has 1 fully saturated rings. The number of para-hydroxylation sites is 1. The van der Waals surface area contributed by atoms with E-state index in [9.17, 15) is 9.90 Å². The van der Waals surface area contributed by atoms with Crippen molar-refractivity contribution in [2.24, 2.45) is 0 Å². The Morgan fingerprint density at radius 1 is 1.23 bits per heavy atom. The van der Waals surface area contributed by atoms with Gasteiger partial charge >= 0.3 is 0 Å². The maximum Gasteiger partial charge on any atom is 0.256 e. The van der Waals surface area contributed by atoms with E-state index in [1.54, 1.807) is 32.3 Å². The molecule has 8 heteroatoms. The lowest BCUT2D eigenvalue weighted by molar-refractivity contribution is 0.0564. The van der Waals surface area contributed by atoms with Gasteiger partial charge in [-0.15, -0.1) is 0 Å². The number of hydrogen-bond donors (Lipinski definition) is 1. The number of aliphatic hydroxyl groups is 1. The van der Waals surface area contributed by atoms with Crippen LogP contribution in [-0.4, -0.2) is 48.7 Å². The predicted octanol–water partition coefficient (Wildman–Crippen LogP) is 3.28. The van der Waals surface area contributed by atoms with E-state index in [0.717, 1.165) is 19.3 Å². The number of likely N-dealkylation sites (tertiary alicyclic amines) is 1. The zero-order chi connectivity index (χ0) is 21.3. The third-order valence-corrected chi connectivity index (χ3v) is 5.76. The Kier molecular flexibility index (Phi) is 5.42. The molecule has 1 N–H and O–H groups in total. The summed E-state index contributed by atoms with van der Waals surface area (Å²) in [6, 6.07) is 9.36. The summed E-state index contributed by atoms with van der Waals surface area (Å²) in [5.41, 5.74) is 0.673. The molecule has 1 amide bonds. The lowest BCUT2D eigenvalue weighted by Gasteiger charge is -2.39. The summed E-state index contributed by atoms with van der Waals surface area (Å²) in [6.45, 7) is 6.00. The van der Waals surface area contributed by atoms with E-state index in [2.05, 4.69) is 22.3 Å². The summed E-state index contributed by atoms with van der Waals surface area (Å²) in [6.07, 6.45) is 5.86. The SMILES string of the molecule is CC[C@@H]1CC[C@@H](c2cc(C(C)(C)O)no2)CN1C(=O)c1ccccc1-n1nccn1. The molecule has 0 spiro atoms. The fourth-order valence-corrected chi connectivity index (χ4v) is 4.03. The number of piperidine rings is 1. The Balaban J connectivity index is 1.62. The number of rotatable bonds is 5. The van der Waals surface area contributed by atoms with Crippen LogP contribution in [0.5, 0.6) is 0 Å². The van der Waals surface area contributed by atoms with Gasteiger partial charge in [0, 0.05) is 24.6 Å². The highest BCUT2D eigenvalue weighted by molar-refractivity contribution is 5.98. The molecule has 1 aromatic carbocycles. The topological polar surface area (TPSA) is 97.3 Å². The third-order valence-electron chi connectivity index (χ3n) is 5.76. The van der Waals surface area contributed by atoms with Gasteiger partial charge in [0.25, 0.3) is 5.91 Å². The molecule has 0 unspecified atom stereocenters. The Bertz CT molecular complexity index is 1010. The second kappa shape index (κ2) is 8.02. The zero-order valence-electron chi connectivity index (χ0n) is 17.5. The van der Waals surface area contributed by atoms with Gasteiger partial charge in [-0.2, -0.15) is 15.0 Å². The van der Waals surface area contributed by atoms with Gasteiger partial charge in [0.15, 0.2) is 0 Å². The van der Waals surface area contributed by atoms with Crippen LogP contribution in [0.1, 0.15) is 67.8 Å². The minimum Gasteiger partial charge on any atom is -0.384 e. The second-order valence-corrected chi connectivity index (χ2v) is 8.30. The van der Waals surface area contributed by atoms with Crippen molar-refractivity contribution in [3.63, 3.8) is 0 Å². The molecule has 4 rings (SSSR count). The number of benzene rings is 1. The maximum atomic E-state index is 13.6. The summed E-state index contributed by atoms with van der Waals surface area (Å²) in [5, 5.41) is 22.6. The molecule has 1 aliphatic rings. The molecule has 2 atom stereocenters. The van der Waals surface area contributed by atoms with Crippen LogP contribution in [0.15, 0.2) is 47.2 Å². The highest BCUT2D eigenvalue weighted by Crippen LogP contribution is 2.34. The van der Waals surface area contributed by atoms with Gasteiger partial charge in [-0.25, -0.2) is 0 Å². The molecule has 2 aromatic heterocycles. The second-order valence-electron chi connectivity index (χ2n) is 8.30. The van der Waals surface area contributed by atoms with Crippen LogP contribution < -0.4 is 0 Å². The van der Waals surface area contributed by atoms with Crippen molar-refractivity contribution >= 4 is 5.91 Å². The minimum absolute atomic E-state index is 0.0374. The summed E-state index contributed by atoms with van der Waals surface area (Å²) in [4.78, 5) is 17.0. The van der Waals surface area contributed by atoms with Gasteiger partial charge in [0.1, 0.15) is 17.1 Å². The fraction of sp³-hybridized carbons (Fsp3) is 0.455. The van der Waals surface area contributed by atoms with E-state index in [1.807, 2.05) is 29.2 Å². The van der Waals surface area contributed by atoms with Crippen molar-refractivity contribution < 1.29 is 14.4 Å². The molecule has 0 bridgehead atoms. The summed E-state index contributed by atoms with van der Waals surface area (Å²) in [5.74, 6) is 0.707. The van der Waals surface area contributed by atoms with Crippen molar-refractivity contribution in [3.05, 3.63) is 59.7 Å². The van der Waals surface area contributed by atoms with Crippen LogP contribution in [0.2, 0.25) is 0 Å². The van der Waals surface area contributed by atoms with Crippen LogP contribution >= 0.6 is 0 Å². The Hall–Kier alpha value is -3.00. The number of aromatic nitrogens is 4. The van der Waals surface area contributed by atoms with Crippen LogP contribution in [0.25, 0.3) is 5.69 Å². The van der Waals surface area contributed by atoms with Crippen molar-refractivity contribution in [3.8, 4) is 5.69 Å². The highest BCUT2D eigenvalue weighted by atomic mass is 16.5. The van der Waals surface area contributed by atoms with Gasteiger partial charge in [-0.05, 0) is 45.2 Å². The zero-order valence-corrected chi connectivity index (χ0v) is 17.5. The first-order valence-electron chi connectivity index (χ1n) is 10.3. The molecule has 3 aromatic rings. The molecule has 8 nitrogen and oxygen atoms in total. The van der Waals surface area contributed by atoms with Crippen LogP contribution in [0.3, 0.4) is 0 Å². The number of nitrogens with zero attached hydrogens (tertiary/aromatic N) is 5. The first-order chi connectivity index (χ1) is 14.4. The average Bonchev–Trinajstić information content (AvgIpc) is 3.44. The number of carbonyl (C=O) groups excluding carboxylic acids is 1. The van der Waals surface area contributed by atoms with Gasteiger partial charge in [0.05, 0.1) is 23.6 Å². The number of amides is 1. The van der Waals surface area contributed by atoms with E-state index in [4.69, 9.17) is 4.52 Å². The lowest BCUT2D eigenvalue weighted by atomic mass is 9.88. The normalized spacial score (nSPS) is 19.8. The molecule has 0 saturated carbocycles. The summed E-state index contributed by atoms with van der Waals surface area (Å²) in [7, 11) is 0.